The van der Waals surface area contributed by atoms with Gasteiger partial charge >= 0.3 is 0 Å². The lowest BCUT2D eigenvalue weighted by atomic mass is 10.1. The van der Waals surface area contributed by atoms with E-state index in [1.807, 2.05) is 6.07 Å². The van der Waals surface area contributed by atoms with E-state index in [9.17, 15) is 9.59 Å². The van der Waals surface area contributed by atoms with Crippen LogP contribution in [0.5, 0.6) is 5.75 Å². The first-order valence-electron chi connectivity index (χ1n) is 6.25. The Bertz CT molecular complexity index is 484. The van der Waals surface area contributed by atoms with Crippen molar-refractivity contribution < 1.29 is 19.1 Å². The van der Waals surface area contributed by atoms with Crippen molar-refractivity contribution in [3.63, 3.8) is 0 Å². The van der Waals surface area contributed by atoms with E-state index in [1.165, 1.54) is 0 Å². The van der Waals surface area contributed by atoms with Crippen molar-refractivity contribution in [3.8, 4) is 5.75 Å². The van der Waals surface area contributed by atoms with Crippen LogP contribution in [0.15, 0.2) is 18.2 Å². The zero-order valence-corrected chi connectivity index (χ0v) is 10.9. The van der Waals surface area contributed by atoms with Crippen LogP contribution >= 0.6 is 0 Å². The highest BCUT2D eigenvalue weighted by Gasteiger charge is 2.19. The number of carbonyl (C=O) groups is 2. The van der Waals surface area contributed by atoms with Gasteiger partial charge in [0.15, 0.2) is 12.4 Å². The molecule has 0 atom stereocenters. The van der Waals surface area contributed by atoms with Crippen molar-refractivity contribution in [2.45, 2.75) is 12.8 Å². The van der Waals surface area contributed by atoms with Gasteiger partial charge < -0.3 is 14.8 Å². The number of ether oxygens (including phenoxy) is 2. The molecular formula is C14H17NO4. The molecule has 0 saturated carbocycles. The van der Waals surface area contributed by atoms with Crippen LogP contribution in [0.1, 0.15) is 22.3 Å². The molecule has 1 amide bonds. The molecule has 5 heteroatoms. The normalized spacial score (nSPS) is 13.2. The minimum Gasteiger partial charge on any atom is -0.484 e. The van der Waals surface area contributed by atoms with Gasteiger partial charge in [-0.3, -0.25) is 9.59 Å². The van der Waals surface area contributed by atoms with E-state index in [4.69, 9.17) is 9.47 Å². The number of benzene rings is 1. The van der Waals surface area contributed by atoms with Crippen LogP contribution in [0.2, 0.25) is 0 Å². The van der Waals surface area contributed by atoms with Gasteiger partial charge in [0.05, 0.1) is 6.61 Å². The molecule has 1 aliphatic rings. The van der Waals surface area contributed by atoms with Crippen LogP contribution in [-0.2, 0) is 16.0 Å². The van der Waals surface area contributed by atoms with Crippen molar-refractivity contribution in [3.05, 3.63) is 29.3 Å². The fourth-order valence-electron chi connectivity index (χ4n) is 2.01. The predicted molar refractivity (Wildman–Crippen MR) is 69.5 cm³/mol. The van der Waals surface area contributed by atoms with Crippen LogP contribution < -0.4 is 10.1 Å². The first kappa shape index (κ1) is 13.5. The molecule has 1 aliphatic carbocycles. The lowest BCUT2D eigenvalue weighted by Crippen LogP contribution is -2.31. The zero-order chi connectivity index (χ0) is 13.7. The summed E-state index contributed by atoms with van der Waals surface area (Å²) in [6.07, 6.45) is 1.32. The summed E-state index contributed by atoms with van der Waals surface area (Å²) in [5, 5.41) is 2.67. The van der Waals surface area contributed by atoms with Gasteiger partial charge in [-0.2, -0.15) is 0 Å². The summed E-state index contributed by atoms with van der Waals surface area (Å²) in [6, 6.07) is 5.33. The number of rotatable bonds is 6. The number of hydrogen-bond donors (Lipinski definition) is 1. The maximum atomic E-state index is 11.5. The number of carbonyl (C=O) groups excluding carboxylic acids is 2. The number of amides is 1. The molecule has 5 nitrogen and oxygen atoms in total. The molecule has 0 fully saturated rings. The smallest absolute Gasteiger partial charge is 0.258 e. The second kappa shape index (κ2) is 6.33. The standard InChI is InChI=1S/C14H17NO4/c1-18-7-6-15-14(17)9-19-11-3-4-12-10(8-11)2-5-13(12)16/h3-4,8H,2,5-7,9H2,1H3,(H,15,17). The van der Waals surface area contributed by atoms with Gasteiger partial charge in [-0.15, -0.1) is 0 Å². The maximum absolute atomic E-state index is 11.5. The van der Waals surface area contributed by atoms with E-state index in [-0.39, 0.29) is 18.3 Å². The highest BCUT2D eigenvalue weighted by atomic mass is 16.5. The van der Waals surface area contributed by atoms with Gasteiger partial charge in [-0.05, 0) is 30.2 Å². The van der Waals surface area contributed by atoms with E-state index in [0.29, 0.717) is 25.3 Å². The highest BCUT2D eigenvalue weighted by molar-refractivity contribution is 6.00. The Morgan fingerprint density at radius 1 is 1.37 bits per heavy atom. The summed E-state index contributed by atoms with van der Waals surface area (Å²) in [7, 11) is 1.58. The SMILES string of the molecule is COCCNC(=O)COc1ccc2c(c1)CCC2=O. The summed E-state index contributed by atoms with van der Waals surface area (Å²) in [5.41, 5.74) is 1.78. The van der Waals surface area contributed by atoms with E-state index < -0.39 is 0 Å². The molecule has 0 bridgehead atoms. The van der Waals surface area contributed by atoms with Crippen molar-refractivity contribution in [1.29, 1.82) is 0 Å². The average molecular weight is 263 g/mol. The third kappa shape index (κ3) is 3.54. The third-order valence-corrected chi connectivity index (χ3v) is 3.00. The monoisotopic (exact) mass is 263 g/mol. The summed E-state index contributed by atoms with van der Waals surface area (Å²) in [6.45, 7) is 0.917. The zero-order valence-electron chi connectivity index (χ0n) is 10.9. The Morgan fingerprint density at radius 3 is 3.00 bits per heavy atom. The van der Waals surface area contributed by atoms with Crippen molar-refractivity contribution in [1.82, 2.24) is 5.32 Å². The van der Waals surface area contributed by atoms with Crippen LogP contribution in [0.4, 0.5) is 0 Å². The Kier molecular flexibility index (Phi) is 4.52. The van der Waals surface area contributed by atoms with Gasteiger partial charge in [0.2, 0.25) is 0 Å². The molecule has 0 heterocycles. The third-order valence-electron chi connectivity index (χ3n) is 3.00. The first-order valence-corrected chi connectivity index (χ1v) is 6.25. The van der Waals surface area contributed by atoms with Crippen LogP contribution in [0.25, 0.3) is 0 Å². The number of aryl methyl sites for hydroxylation is 1. The molecule has 1 N–H and O–H groups in total. The van der Waals surface area contributed by atoms with E-state index in [1.54, 1.807) is 19.2 Å². The second-order valence-electron chi connectivity index (χ2n) is 4.37. The molecule has 0 radical (unpaired) electrons. The first-order chi connectivity index (χ1) is 9.20. The predicted octanol–water partition coefficient (Wildman–Crippen LogP) is 0.957. The molecule has 1 aromatic rings. The van der Waals surface area contributed by atoms with Crippen molar-refractivity contribution >= 4 is 11.7 Å². The lowest BCUT2D eigenvalue weighted by Gasteiger charge is -2.08. The molecule has 0 spiro atoms. The Morgan fingerprint density at radius 2 is 2.21 bits per heavy atom. The number of nitrogens with one attached hydrogen (secondary N) is 1. The van der Waals surface area contributed by atoms with Gasteiger partial charge in [-0.1, -0.05) is 0 Å². The summed E-state index contributed by atoms with van der Waals surface area (Å²) >= 11 is 0. The molecule has 102 valence electrons. The average Bonchev–Trinajstić information content (AvgIpc) is 2.78. The van der Waals surface area contributed by atoms with Crippen LogP contribution in [0, 0.1) is 0 Å². The number of ketones is 1. The Labute approximate surface area is 111 Å². The lowest BCUT2D eigenvalue weighted by molar-refractivity contribution is -0.123. The molecule has 0 saturated heterocycles. The minimum absolute atomic E-state index is 0.0313. The number of fused-ring (bicyclic) bond motifs is 1. The van der Waals surface area contributed by atoms with E-state index in [2.05, 4.69) is 5.32 Å². The Hall–Kier alpha value is -1.88. The summed E-state index contributed by atoms with van der Waals surface area (Å²) in [5.74, 6) is 0.614. The Balaban J connectivity index is 1.84. The molecular weight excluding hydrogens is 246 g/mol. The summed E-state index contributed by atoms with van der Waals surface area (Å²) < 4.78 is 10.2. The molecule has 0 aliphatic heterocycles. The van der Waals surface area contributed by atoms with Crippen LogP contribution in [-0.4, -0.2) is 38.6 Å². The second-order valence-corrected chi connectivity index (χ2v) is 4.37. The van der Waals surface area contributed by atoms with Crippen molar-refractivity contribution in [2.75, 3.05) is 26.9 Å². The molecule has 1 aromatic carbocycles. The van der Waals surface area contributed by atoms with E-state index >= 15 is 0 Å². The molecule has 0 aromatic heterocycles. The van der Waals surface area contributed by atoms with Crippen LogP contribution in [0.3, 0.4) is 0 Å². The number of Topliss-reactive ketones (excluding diaryl/α,β-unsaturated/α-hetero) is 1. The fraction of sp³-hybridized carbons (Fsp3) is 0.429. The van der Waals surface area contributed by atoms with Gasteiger partial charge in [0.1, 0.15) is 5.75 Å². The molecule has 2 rings (SSSR count). The maximum Gasteiger partial charge on any atom is 0.258 e. The van der Waals surface area contributed by atoms with Gasteiger partial charge in [0.25, 0.3) is 5.91 Å². The van der Waals surface area contributed by atoms with Gasteiger partial charge in [0, 0.05) is 25.6 Å². The summed E-state index contributed by atoms with van der Waals surface area (Å²) in [4.78, 5) is 22.9. The largest absolute Gasteiger partial charge is 0.484 e. The fourth-order valence-corrected chi connectivity index (χ4v) is 2.01. The quantitative estimate of drug-likeness (QED) is 0.776. The van der Waals surface area contributed by atoms with Gasteiger partial charge in [-0.25, -0.2) is 0 Å². The molecule has 0 unspecified atom stereocenters. The minimum atomic E-state index is -0.186. The topological polar surface area (TPSA) is 64.6 Å². The molecule has 19 heavy (non-hydrogen) atoms. The number of hydrogen-bond acceptors (Lipinski definition) is 4. The highest BCUT2D eigenvalue weighted by Crippen LogP contribution is 2.25. The van der Waals surface area contributed by atoms with Crippen molar-refractivity contribution in [2.24, 2.45) is 0 Å². The number of methoxy groups -OCH3 is 1. The van der Waals surface area contributed by atoms with E-state index in [0.717, 1.165) is 17.5 Å².